The molecule has 0 bridgehead atoms. The highest BCUT2D eigenvalue weighted by atomic mass is 32.1. The van der Waals surface area contributed by atoms with Crippen LogP contribution in [0.2, 0.25) is 0 Å². The molecule has 2 aliphatic carbocycles. The van der Waals surface area contributed by atoms with Crippen LogP contribution >= 0.6 is 11.3 Å². The first kappa shape index (κ1) is 26.7. The summed E-state index contributed by atoms with van der Waals surface area (Å²) in [5.41, 5.74) is 4.14. The molecule has 0 aromatic carbocycles. The molecular weight excluding hydrogens is 522 g/mol. The minimum Gasteiger partial charge on any atom is -0.454 e. The predicted octanol–water partition coefficient (Wildman–Crippen LogP) is 5.27. The zero-order chi connectivity index (χ0) is 27.9. The minimum absolute atomic E-state index is 0.192. The summed E-state index contributed by atoms with van der Waals surface area (Å²) in [4.78, 5) is 19.3. The topological polar surface area (TPSA) is 104 Å². The number of hydrogen-bond donors (Lipinski definition) is 0. The standard InChI is InChI=1S/C30H35N7O2S/c1-5-23(22-10-8-16-37(22)4)38-29-32-15-12-21(34-29)26-19-9-6-13-30(27(19)35-39-26)14-7-11-24-25(30)20(17-31)28(40-24)33-18-36(2)3/h5,12,15,18,22-23H,1,6-11,13-14,16H2,2-4H3/b33-18+/t22-,23-,30-/m0/s1. The molecule has 1 saturated heterocycles. The first-order valence-corrected chi connectivity index (χ1v) is 14.9. The minimum atomic E-state index is -0.344. The van der Waals surface area contributed by atoms with Crippen molar-refractivity contribution in [2.45, 2.75) is 68.9 Å². The van der Waals surface area contributed by atoms with Gasteiger partial charge in [-0.25, -0.2) is 9.98 Å². The largest absolute Gasteiger partial charge is 0.454 e. The number of fused-ring (bicyclic) bond motifs is 4. The van der Waals surface area contributed by atoms with Crippen LogP contribution in [0.5, 0.6) is 6.01 Å². The highest BCUT2D eigenvalue weighted by Gasteiger charge is 2.48. The number of likely N-dealkylation sites (tertiary alicyclic amines) is 1. The molecule has 3 aromatic heterocycles. The van der Waals surface area contributed by atoms with Gasteiger partial charge in [-0.05, 0) is 82.7 Å². The molecule has 4 heterocycles. The Labute approximate surface area is 239 Å². The van der Waals surface area contributed by atoms with Crippen molar-refractivity contribution in [1.82, 2.24) is 24.9 Å². The summed E-state index contributed by atoms with van der Waals surface area (Å²) in [6.45, 7) is 5.05. The number of aliphatic imine (C=N–C) groups is 1. The van der Waals surface area contributed by atoms with Gasteiger partial charge in [-0.3, -0.25) is 4.90 Å². The van der Waals surface area contributed by atoms with Gasteiger partial charge < -0.3 is 14.2 Å². The number of aryl methyl sites for hydroxylation is 1. The van der Waals surface area contributed by atoms with Crippen molar-refractivity contribution in [1.29, 1.82) is 5.26 Å². The zero-order valence-corrected chi connectivity index (χ0v) is 24.2. The van der Waals surface area contributed by atoms with Crippen molar-refractivity contribution in [3.63, 3.8) is 0 Å². The third-order valence-corrected chi connectivity index (χ3v) is 9.69. The Morgan fingerprint density at radius 1 is 1.32 bits per heavy atom. The van der Waals surface area contributed by atoms with Crippen LogP contribution in [0.1, 0.15) is 65.8 Å². The Morgan fingerprint density at radius 3 is 2.88 bits per heavy atom. The lowest BCUT2D eigenvalue weighted by Gasteiger charge is -2.39. The smallest absolute Gasteiger partial charge is 0.317 e. The molecule has 3 aliphatic rings. The number of likely N-dealkylation sites (N-methyl/N-ethyl adjacent to an activating group) is 1. The Morgan fingerprint density at radius 2 is 2.15 bits per heavy atom. The van der Waals surface area contributed by atoms with E-state index in [1.807, 2.05) is 31.1 Å². The summed E-state index contributed by atoms with van der Waals surface area (Å²) >= 11 is 1.64. The van der Waals surface area contributed by atoms with E-state index in [0.717, 1.165) is 79.7 Å². The number of hydrogen-bond acceptors (Lipinski definition) is 9. The summed E-state index contributed by atoms with van der Waals surface area (Å²) in [5.74, 6) is 0.668. The average molecular weight is 558 g/mol. The number of rotatable bonds is 7. The second kappa shape index (κ2) is 10.8. The maximum Gasteiger partial charge on any atom is 0.317 e. The number of thiophene rings is 1. The highest BCUT2D eigenvalue weighted by molar-refractivity contribution is 7.16. The van der Waals surface area contributed by atoms with Gasteiger partial charge >= 0.3 is 6.01 Å². The average Bonchev–Trinajstić information content (AvgIpc) is 3.68. The van der Waals surface area contributed by atoms with Crippen LogP contribution in [0.15, 0.2) is 34.4 Å². The van der Waals surface area contributed by atoms with E-state index in [0.29, 0.717) is 23.0 Å². The molecule has 208 valence electrons. The maximum absolute atomic E-state index is 10.3. The summed E-state index contributed by atoms with van der Waals surface area (Å²) in [6, 6.07) is 4.92. The Bertz CT molecular complexity index is 1480. The SMILES string of the molecule is C=C[C@H](Oc1nccc(-c2onc3c2CCC[C@@]32CCCc3sc(/N=C/N(C)C)c(C#N)c32)n1)[C@@H]1CCCN1C. The van der Waals surface area contributed by atoms with Crippen LogP contribution in [-0.2, 0) is 18.3 Å². The molecule has 0 amide bonds. The summed E-state index contributed by atoms with van der Waals surface area (Å²) < 4.78 is 12.3. The van der Waals surface area contributed by atoms with Gasteiger partial charge in [0.25, 0.3) is 0 Å². The molecule has 40 heavy (non-hydrogen) atoms. The van der Waals surface area contributed by atoms with E-state index in [1.165, 1.54) is 4.88 Å². The number of aromatic nitrogens is 3. The summed E-state index contributed by atoms with van der Waals surface area (Å²) in [5, 5.41) is 15.8. The molecule has 3 aromatic rings. The normalized spacial score (nSPS) is 23.1. The molecule has 9 nitrogen and oxygen atoms in total. The van der Waals surface area contributed by atoms with Crippen LogP contribution in [0, 0.1) is 11.3 Å². The van der Waals surface area contributed by atoms with Crippen LogP contribution in [0.3, 0.4) is 0 Å². The lowest BCUT2D eigenvalue weighted by molar-refractivity contribution is 0.133. The van der Waals surface area contributed by atoms with Crippen molar-refractivity contribution in [3.05, 3.63) is 52.2 Å². The fourth-order valence-corrected chi connectivity index (χ4v) is 7.99. The molecule has 10 heteroatoms. The first-order chi connectivity index (χ1) is 19.4. The predicted molar refractivity (Wildman–Crippen MR) is 155 cm³/mol. The van der Waals surface area contributed by atoms with E-state index in [4.69, 9.17) is 19.4 Å². The van der Waals surface area contributed by atoms with Crippen LogP contribution in [-0.4, -0.2) is 71.1 Å². The molecule has 1 spiro atoms. The van der Waals surface area contributed by atoms with Crippen molar-refractivity contribution in [3.8, 4) is 23.5 Å². The van der Waals surface area contributed by atoms with Gasteiger partial charge in [0.1, 0.15) is 22.9 Å². The summed E-state index contributed by atoms with van der Waals surface area (Å²) in [7, 11) is 5.98. The monoisotopic (exact) mass is 557 g/mol. The Kier molecular flexibility index (Phi) is 7.19. The van der Waals surface area contributed by atoms with Crippen LogP contribution in [0.4, 0.5) is 5.00 Å². The van der Waals surface area contributed by atoms with Crippen molar-refractivity contribution >= 4 is 22.7 Å². The van der Waals surface area contributed by atoms with Gasteiger partial charge in [0.2, 0.25) is 0 Å². The maximum atomic E-state index is 10.3. The third kappa shape index (κ3) is 4.51. The molecule has 0 radical (unpaired) electrons. The number of ether oxygens (including phenoxy) is 1. The Hall–Kier alpha value is -3.55. The van der Waals surface area contributed by atoms with Gasteiger partial charge in [0, 0.05) is 36.1 Å². The van der Waals surface area contributed by atoms with E-state index in [9.17, 15) is 5.26 Å². The van der Waals surface area contributed by atoms with Crippen molar-refractivity contribution in [2.75, 3.05) is 27.7 Å². The molecule has 1 aliphatic heterocycles. The first-order valence-electron chi connectivity index (χ1n) is 14.0. The molecule has 6 rings (SSSR count). The van der Waals surface area contributed by atoms with Gasteiger partial charge in [0.15, 0.2) is 5.76 Å². The van der Waals surface area contributed by atoms with Gasteiger partial charge in [-0.1, -0.05) is 11.7 Å². The second-order valence-corrected chi connectivity index (χ2v) is 12.3. The Balaban J connectivity index is 1.37. The van der Waals surface area contributed by atoms with Crippen LogP contribution in [0.25, 0.3) is 11.5 Å². The van der Waals surface area contributed by atoms with Gasteiger partial charge in [-0.2, -0.15) is 10.2 Å². The second-order valence-electron chi connectivity index (χ2n) is 11.3. The molecule has 1 fully saturated rings. The molecular formula is C30H35N7O2S. The molecule has 0 saturated carbocycles. The lowest BCUT2D eigenvalue weighted by atomic mass is 9.62. The number of nitrogens with zero attached hydrogens (tertiary/aromatic N) is 7. The highest BCUT2D eigenvalue weighted by Crippen LogP contribution is 2.55. The van der Waals surface area contributed by atoms with Crippen LogP contribution < -0.4 is 4.74 Å². The van der Waals surface area contributed by atoms with E-state index in [-0.39, 0.29) is 17.6 Å². The zero-order valence-electron chi connectivity index (χ0n) is 23.4. The lowest BCUT2D eigenvalue weighted by Crippen LogP contribution is -2.39. The quantitative estimate of drug-likeness (QED) is 0.220. The molecule has 0 N–H and O–H groups in total. The van der Waals surface area contributed by atoms with Crippen molar-refractivity contribution < 1.29 is 9.26 Å². The van der Waals surface area contributed by atoms with Gasteiger partial charge in [-0.15, -0.1) is 11.3 Å². The third-order valence-electron chi connectivity index (χ3n) is 8.53. The fraction of sp³-hybridized carbons (Fsp3) is 0.500. The van der Waals surface area contributed by atoms with E-state index in [1.54, 1.807) is 23.9 Å². The van der Waals surface area contributed by atoms with E-state index < -0.39 is 0 Å². The van der Waals surface area contributed by atoms with E-state index in [2.05, 4.69) is 34.6 Å². The van der Waals surface area contributed by atoms with Gasteiger partial charge in [0.05, 0.1) is 23.6 Å². The van der Waals surface area contributed by atoms with Crippen molar-refractivity contribution in [2.24, 2.45) is 4.99 Å². The number of nitriles is 1. The molecule has 3 atom stereocenters. The summed E-state index contributed by atoms with van der Waals surface area (Å²) in [6.07, 6.45) is 13.0. The van der Waals surface area contributed by atoms with E-state index >= 15 is 0 Å². The fourth-order valence-electron chi connectivity index (χ4n) is 6.76. The molecule has 0 unspecified atom stereocenters.